The van der Waals surface area contributed by atoms with E-state index in [4.69, 9.17) is 4.74 Å². The van der Waals surface area contributed by atoms with Gasteiger partial charge in [0, 0.05) is 12.0 Å². The van der Waals surface area contributed by atoms with Crippen LogP contribution in [0.25, 0.3) is 11.1 Å². The van der Waals surface area contributed by atoms with Crippen LogP contribution < -0.4 is 10.0 Å². The summed E-state index contributed by atoms with van der Waals surface area (Å²) in [4.78, 5) is 26.0. The molecule has 1 atom stereocenters. The molecule has 0 radical (unpaired) electrons. The molecule has 0 saturated heterocycles. The van der Waals surface area contributed by atoms with Gasteiger partial charge >= 0.3 is 5.97 Å². The Kier molecular flexibility index (Phi) is 9.43. The molecule has 1 aliphatic rings. The molecule has 1 aliphatic carbocycles. The summed E-state index contributed by atoms with van der Waals surface area (Å²) in [6.45, 7) is 5.44. The second-order valence-electron chi connectivity index (χ2n) is 11.3. The van der Waals surface area contributed by atoms with Crippen LogP contribution in [0.3, 0.4) is 0 Å². The average molecular weight is 563 g/mol. The molecule has 7 nitrogen and oxygen atoms in total. The van der Waals surface area contributed by atoms with Crippen molar-refractivity contribution in [1.29, 1.82) is 0 Å². The fraction of sp³-hybridized carbons (Fsp3) is 0.375. The number of amides is 1. The van der Waals surface area contributed by atoms with Crippen molar-refractivity contribution >= 4 is 21.9 Å². The minimum Gasteiger partial charge on any atom is -0.460 e. The molecular weight excluding hydrogens is 524 g/mol. The Balaban J connectivity index is 1.33. The predicted molar refractivity (Wildman–Crippen MR) is 156 cm³/mol. The zero-order valence-corrected chi connectivity index (χ0v) is 24.1. The topological polar surface area (TPSA) is 102 Å². The highest BCUT2D eigenvalue weighted by atomic mass is 32.2. The van der Waals surface area contributed by atoms with E-state index in [1.807, 2.05) is 93.6 Å². The lowest BCUT2D eigenvalue weighted by Gasteiger charge is -2.30. The Labute approximate surface area is 237 Å². The molecule has 0 aliphatic heterocycles. The zero-order chi connectivity index (χ0) is 28.8. The first-order valence-corrected chi connectivity index (χ1v) is 15.2. The lowest BCUT2D eigenvalue weighted by atomic mass is 9.85. The molecule has 2 N–H and O–H groups in total. The summed E-state index contributed by atoms with van der Waals surface area (Å²) in [5.41, 5.74) is 2.20. The maximum atomic E-state index is 13.2. The summed E-state index contributed by atoms with van der Waals surface area (Å²) in [5, 5.41) is 3.05. The second-order valence-corrected chi connectivity index (χ2v) is 13.0. The third kappa shape index (κ3) is 8.26. The number of carbonyl (C=O) groups excluding carboxylic acids is 2. The molecule has 0 spiro atoms. The number of nitrogens with one attached hydrogen (secondary N) is 2. The van der Waals surface area contributed by atoms with Crippen LogP contribution in [0.1, 0.15) is 64.5 Å². The van der Waals surface area contributed by atoms with Gasteiger partial charge in [-0.3, -0.25) is 9.59 Å². The molecule has 4 rings (SSSR count). The minimum absolute atomic E-state index is 0.0330. The van der Waals surface area contributed by atoms with E-state index < -0.39 is 21.7 Å². The SMILES string of the molecule is CC(C)(C)OC(=O)CC(NC(=O)C1CCC(NS(=O)(=O)c2ccc(-c3ccccc3)cc2)CC1)c1ccccc1. The third-order valence-corrected chi connectivity index (χ3v) is 8.54. The molecule has 1 saturated carbocycles. The Morgan fingerprint density at radius 2 is 1.38 bits per heavy atom. The number of esters is 1. The minimum atomic E-state index is -3.68. The first-order valence-electron chi connectivity index (χ1n) is 13.8. The standard InChI is InChI=1S/C32H38N2O5S/c1-32(2,3)39-30(35)22-29(25-12-8-5-9-13-25)33-31(36)26-14-18-27(19-15-26)34-40(37,38)28-20-16-24(17-21-28)23-10-6-4-7-11-23/h4-13,16-17,20-21,26-27,29,34H,14-15,18-19,22H2,1-3H3,(H,33,36). The number of benzene rings is 3. The van der Waals surface area contributed by atoms with Gasteiger partial charge in [0.25, 0.3) is 0 Å². The van der Waals surface area contributed by atoms with Gasteiger partial charge in [-0.2, -0.15) is 0 Å². The summed E-state index contributed by atoms with van der Waals surface area (Å²) in [6.07, 6.45) is 2.26. The molecule has 3 aromatic carbocycles. The van der Waals surface area contributed by atoms with E-state index in [2.05, 4.69) is 10.0 Å². The largest absolute Gasteiger partial charge is 0.460 e. The molecule has 1 unspecified atom stereocenters. The van der Waals surface area contributed by atoms with Gasteiger partial charge in [-0.1, -0.05) is 72.8 Å². The fourth-order valence-corrected chi connectivity index (χ4v) is 6.30. The Bertz CT molecular complexity index is 1380. The predicted octanol–water partition coefficient (Wildman–Crippen LogP) is 5.78. The van der Waals surface area contributed by atoms with E-state index in [0.717, 1.165) is 16.7 Å². The quantitative estimate of drug-likeness (QED) is 0.322. The Hall–Kier alpha value is -3.49. The number of hydrogen-bond donors (Lipinski definition) is 2. The smallest absolute Gasteiger partial charge is 0.308 e. The summed E-state index contributed by atoms with van der Waals surface area (Å²) >= 11 is 0. The van der Waals surface area contributed by atoms with Crippen molar-refractivity contribution in [2.45, 2.75) is 75.5 Å². The molecule has 3 aromatic rings. The van der Waals surface area contributed by atoms with Crippen LogP contribution in [0.5, 0.6) is 0 Å². The van der Waals surface area contributed by atoms with Gasteiger partial charge in [-0.05, 0) is 75.3 Å². The van der Waals surface area contributed by atoms with E-state index in [9.17, 15) is 18.0 Å². The highest BCUT2D eigenvalue weighted by Crippen LogP contribution is 2.28. The van der Waals surface area contributed by atoms with Crippen LogP contribution in [-0.4, -0.2) is 31.9 Å². The summed E-state index contributed by atoms with van der Waals surface area (Å²) < 4.78 is 34.4. The van der Waals surface area contributed by atoms with Gasteiger partial charge < -0.3 is 10.1 Å². The van der Waals surface area contributed by atoms with Gasteiger partial charge in [0.2, 0.25) is 15.9 Å². The van der Waals surface area contributed by atoms with Crippen LogP contribution in [0, 0.1) is 5.92 Å². The van der Waals surface area contributed by atoms with E-state index in [1.165, 1.54) is 0 Å². The molecular formula is C32H38N2O5S. The highest BCUT2D eigenvalue weighted by molar-refractivity contribution is 7.89. The molecule has 1 amide bonds. The number of ether oxygens (including phenoxy) is 1. The van der Waals surface area contributed by atoms with Gasteiger partial charge in [0.1, 0.15) is 5.60 Å². The van der Waals surface area contributed by atoms with Crippen molar-refractivity contribution in [3.05, 3.63) is 90.5 Å². The molecule has 0 heterocycles. The van der Waals surface area contributed by atoms with Crippen molar-refractivity contribution in [3.8, 4) is 11.1 Å². The van der Waals surface area contributed by atoms with Crippen molar-refractivity contribution in [3.63, 3.8) is 0 Å². The molecule has 40 heavy (non-hydrogen) atoms. The first kappa shape index (κ1) is 29.5. The van der Waals surface area contributed by atoms with Crippen LogP contribution in [-0.2, 0) is 24.3 Å². The number of carbonyl (C=O) groups is 2. The molecule has 0 aromatic heterocycles. The van der Waals surface area contributed by atoms with Crippen molar-refractivity contribution < 1.29 is 22.7 Å². The van der Waals surface area contributed by atoms with Gasteiger partial charge in [-0.15, -0.1) is 0 Å². The molecule has 8 heteroatoms. The highest BCUT2D eigenvalue weighted by Gasteiger charge is 2.31. The normalized spacial score (nSPS) is 18.5. The summed E-state index contributed by atoms with van der Waals surface area (Å²) in [6, 6.07) is 25.3. The van der Waals surface area contributed by atoms with E-state index >= 15 is 0 Å². The lowest BCUT2D eigenvalue weighted by molar-refractivity contribution is -0.155. The Morgan fingerprint density at radius 1 is 0.825 bits per heavy atom. The first-order chi connectivity index (χ1) is 19.0. The van der Waals surface area contributed by atoms with Crippen LogP contribution >= 0.6 is 0 Å². The van der Waals surface area contributed by atoms with Crippen molar-refractivity contribution in [1.82, 2.24) is 10.0 Å². The average Bonchev–Trinajstić information content (AvgIpc) is 2.93. The molecule has 1 fully saturated rings. The summed E-state index contributed by atoms with van der Waals surface area (Å²) in [7, 11) is -3.68. The second kappa shape index (κ2) is 12.8. The van der Waals surface area contributed by atoms with Crippen LogP contribution in [0.4, 0.5) is 0 Å². The maximum Gasteiger partial charge on any atom is 0.308 e. The number of rotatable bonds is 9. The van der Waals surface area contributed by atoms with Crippen molar-refractivity contribution in [2.75, 3.05) is 0 Å². The fourth-order valence-electron chi connectivity index (χ4n) is 5.00. The van der Waals surface area contributed by atoms with Crippen molar-refractivity contribution in [2.24, 2.45) is 5.92 Å². The molecule has 0 bridgehead atoms. The van der Waals surface area contributed by atoms with E-state index in [0.29, 0.717) is 25.7 Å². The lowest BCUT2D eigenvalue weighted by Crippen LogP contribution is -2.42. The monoisotopic (exact) mass is 562 g/mol. The van der Waals surface area contributed by atoms with E-state index in [1.54, 1.807) is 12.1 Å². The van der Waals surface area contributed by atoms with Gasteiger partial charge in [0.15, 0.2) is 0 Å². The van der Waals surface area contributed by atoms with Crippen LogP contribution in [0.15, 0.2) is 89.8 Å². The molecule has 212 valence electrons. The zero-order valence-electron chi connectivity index (χ0n) is 23.3. The number of hydrogen-bond acceptors (Lipinski definition) is 5. The van der Waals surface area contributed by atoms with Gasteiger partial charge in [0.05, 0.1) is 17.4 Å². The van der Waals surface area contributed by atoms with Crippen LogP contribution in [0.2, 0.25) is 0 Å². The Morgan fingerprint density at radius 3 is 1.95 bits per heavy atom. The number of sulfonamides is 1. The third-order valence-electron chi connectivity index (χ3n) is 7.00. The maximum absolute atomic E-state index is 13.2. The van der Waals surface area contributed by atoms with Gasteiger partial charge in [-0.25, -0.2) is 13.1 Å². The van der Waals surface area contributed by atoms with E-state index in [-0.39, 0.29) is 35.2 Å². The summed E-state index contributed by atoms with van der Waals surface area (Å²) in [5.74, 6) is -0.762.